The topological polar surface area (TPSA) is 45.4 Å². The molecule has 0 heterocycles. The van der Waals surface area contributed by atoms with E-state index in [2.05, 4.69) is 17.8 Å². The van der Waals surface area contributed by atoms with Crippen molar-refractivity contribution in [1.82, 2.24) is 0 Å². The van der Waals surface area contributed by atoms with E-state index in [-0.39, 0.29) is 18.8 Å². The van der Waals surface area contributed by atoms with E-state index in [0.717, 1.165) is 31.4 Å². The third-order valence-electron chi connectivity index (χ3n) is 4.38. The van der Waals surface area contributed by atoms with Crippen LogP contribution in [0.5, 0.6) is 0 Å². The molecule has 0 saturated heterocycles. The lowest BCUT2D eigenvalue weighted by molar-refractivity contribution is -0.136. The largest absolute Gasteiger partial charge is 0.399 e. The number of hydrogen-bond acceptors (Lipinski definition) is 3. The van der Waals surface area contributed by atoms with Crippen molar-refractivity contribution in [3.63, 3.8) is 0 Å². The van der Waals surface area contributed by atoms with Gasteiger partial charge in [-0.05, 0) is 50.9 Å². The van der Waals surface area contributed by atoms with Crippen molar-refractivity contribution in [2.45, 2.75) is 57.5 Å². The van der Waals surface area contributed by atoms with Crippen molar-refractivity contribution >= 4 is 5.71 Å². The number of nitrogens with zero attached hydrogens (tertiary/aromatic N) is 2. The Morgan fingerprint density at radius 1 is 1.36 bits per heavy atom. The second-order valence-electron chi connectivity index (χ2n) is 5.84. The van der Waals surface area contributed by atoms with Gasteiger partial charge in [-0.3, -0.25) is 0 Å². The number of nitriles is 1. The van der Waals surface area contributed by atoms with Gasteiger partial charge in [0, 0.05) is 6.42 Å². The molecule has 0 aromatic carbocycles. The molecule has 1 fully saturated rings. The van der Waals surface area contributed by atoms with E-state index in [1.54, 1.807) is 6.08 Å². The molecule has 0 bridgehead atoms. The highest BCUT2D eigenvalue weighted by Gasteiger charge is 2.40. The Hall–Kier alpha value is -1.51. The van der Waals surface area contributed by atoms with Crippen molar-refractivity contribution in [2.24, 2.45) is 16.5 Å². The summed E-state index contributed by atoms with van der Waals surface area (Å²) in [6, 6.07) is 2.31. The van der Waals surface area contributed by atoms with Crippen LogP contribution in [0, 0.1) is 22.7 Å². The standard InChI is InChI=1S/C16H23F3N2O/c1-3-9-15(12-20,10-4-11-16(17,18)19)13-5-7-14(8-6-13)21-22-2/h3,13H,1,4-11H2,2H3. The molecule has 6 heteroatoms. The fraction of sp³-hybridized carbons (Fsp3) is 0.750. The number of oxime groups is 1. The molecule has 0 amide bonds. The Labute approximate surface area is 129 Å². The highest BCUT2D eigenvalue weighted by molar-refractivity contribution is 5.84. The zero-order valence-corrected chi connectivity index (χ0v) is 13.0. The van der Waals surface area contributed by atoms with Crippen LogP contribution >= 0.6 is 0 Å². The van der Waals surface area contributed by atoms with E-state index < -0.39 is 18.0 Å². The monoisotopic (exact) mass is 316 g/mol. The highest BCUT2D eigenvalue weighted by atomic mass is 19.4. The molecule has 22 heavy (non-hydrogen) atoms. The average Bonchev–Trinajstić information content (AvgIpc) is 2.46. The molecule has 0 radical (unpaired) electrons. The molecular weight excluding hydrogens is 293 g/mol. The lowest BCUT2D eigenvalue weighted by Crippen LogP contribution is -2.32. The van der Waals surface area contributed by atoms with Crippen LogP contribution in [0.3, 0.4) is 0 Å². The second-order valence-corrected chi connectivity index (χ2v) is 5.84. The minimum Gasteiger partial charge on any atom is -0.399 e. The summed E-state index contributed by atoms with van der Waals surface area (Å²) in [4.78, 5) is 4.76. The number of alkyl halides is 3. The van der Waals surface area contributed by atoms with Crippen molar-refractivity contribution < 1.29 is 18.0 Å². The van der Waals surface area contributed by atoms with Gasteiger partial charge in [0.25, 0.3) is 0 Å². The van der Waals surface area contributed by atoms with E-state index in [4.69, 9.17) is 4.84 Å². The van der Waals surface area contributed by atoms with Crippen molar-refractivity contribution in [3.8, 4) is 6.07 Å². The molecule has 0 aromatic rings. The molecular formula is C16H23F3N2O. The van der Waals surface area contributed by atoms with E-state index in [1.807, 2.05) is 0 Å². The molecule has 1 unspecified atom stereocenters. The minimum absolute atomic E-state index is 0.0135. The van der Waals surface area contributed by atoms with Crippen LogP contribution in [0.1, 0.15) is 51.4 Å². The minimum atomic E-state index is -4.17. The maximum atomic E-state index is 12.4. The summed E-state index contributed by atoms with van der Waals surface area (Å²) in [6.07, 6.45) is 0.314. The van der Waals surface area contributed by atoms with Crippen molar-refractivity contribution in [3.05, 3.63) is 12.7 Å². The van der Waals surface area contributed by atoms with E-state index in [9.17, 15) is 18.4 Å². The number of halogens is 3. The summed E-state index contributed by atoms with van der Waals surface area (Å²) in [5, 5.41) is 13.6. The first-order valence-electron chi connectivity index (χ1n) is 7.54. The summed E-state index contributed by atoms with van der Waals surface area (Å²) < 4.78 is 37.1. The van der Waals surface area contributed by atoms with Crippen LogP contribution < -0.4 is 0 Å². The number of allylic oxidation sites excluding steroid dienone is 1. The van der Waals surface area contributed by atoms with Gasteiger partial charge in [-0.2, -0.15) is 18.4 Å². The molecule has 1 aliphatic rings. The Kier molecular flexibility index (Phi) is 6.92. The summed E-state index contributed by atoms with van der Waals surface area (Å²) >= 11 is 0. The molecule has 0 aromatic heterocycles. The second kappa shape index (κ2) is 8.21. The third kappa shape index (κ3) is 5.36. The molecule has 1 aliphatic carbocycles. The lowest BCUT2D eigenvalue weighted by atomic mass is 9.65. The summed E-state index contributed by atoms with van der Waals surface area (Å²) in [6.45, 7) is 3.67. The van der Waals surface area contributed by atoms with Gasteiger partial charge in [0.15, 0.2) is 0 Å². The van der Waals surface area contributed by atoms with E-state index in [1.165, 1.54) is 7.11 Å². The van der Waals surface area contributed by atoms with Crippen LogP contribution in [0.4, 0.5) is 13.2 Å². The van der Waals surface area contributed by atoms with Crippen LogP contribution in [-0.4, -0.2) is 19.0 Å². The Balaban J connectivity index is 2.73. The molecule has 1 atom stereocenters. The Morgan fingerprint density at radius 3 is 2.45 bits per heavy atom. The molecule has 124 valence electrons. The predicted octanol–water partition coefficient (Wildman–Crippen LogP) is 5.00. The van der Waals surface area contributed by atoms with E-state index >= 15 is 0 Å². The molecule has 1 rings (SSSR count). The number of rotatable bonds is 7. The number of hydrogen-bond donors (Lipinski definition) is 0. The first kappa shape index (κ1) is 18.5. The van der Waals surface area contributed by atoms with Gasteiger partial charge >= 0.3 is 6.18 Å². The molecule has 0 spiro atoms. The van der Waals surface area contributed by atoms with Crippen LogP contribution in [-0.2, 0) is 4.84 Å². The summed E-state index contributed by atoms with van der Waals surface area (Å²) in [7, 11) is 1.49. The summed E-state index contributed by atoms with van der Waals surface area (Å²) in [5.74, 6) is 0.0829. The predicted molar refractivity (Wildman–Crippen MR) is 79.2 cm³/mol. The van der Waals surface area contributed by atoms with E-state index in [0.29, 0.717) is 6.42 Å². The first-order valence-corrected chi connectivity index (χ1v) is 7.54. The van der Waals surface area contributed by atoms with Gasteiger partial charge in [-0.1, -0.05) is 11.2 Å². The molecule has 1 saturated carbocycles. The third-order valence-corrected chi connectivity index (χ3v) is 4.38. The van der Waals surface area contributed by atoms with Gasteiger partial charge in [-0.25, -0.2) is 0 Å². The quantitative estimate of drug-likeness (QED) is 0.490. The van der Waals surface area contributed by atoms with Crippen molar-refractivity contribution in [1.29, 1.82) is 5.26 Å². The first-order chi connectivity index (χ1) is 10.4. The zero-order chi connectivity index (χ0) is 16.6. The van der Waals surface area contributed by atoms with Crippen molar-refractivity contribution in [2.75, 3.05) is 7.11 Å². The molecule has 0 aliphatic heterocycles. The fourth-order valence-corrected chi connectivity index (χ4v) is 3.25. The van der Waals surface area contributed by atoms with Crippen LogP contribution in [0.25, 0.3) is 0 Å². The average molecular weight is 316 g/mol. The van der Waals surface area contributed by atoms with Crippen LogP contribution in [0.15, 0.2) is 17.8 Å². The lowest BCUT2D eigenvalue weighted by Gasteiger charge is -2.37. The normalized spacial score (nSPS) is 21.6. The maximum Gasteiger partial charge on any atom is 0.389 e. The van der Waals surface area contributed by atoms with Crippen LogP contribution in [0.2, 0.25) is 0 Å². The molecule has 0 N–H and O–H groups in total. The zero-order valence-electron chi connectivity index (χ0n) is 13.0. The fourth-order valence-electron chi connectivity index (χ4n) is 3.25. The van der Waals surface area contributed by atoms with Gasteiger partial charge in [0.2, 0.25) is 0 Å². The SMILES string of the molecule is C=CCC(C#N)(CCCC(F)(F)F)C1CCC(=NOC)CC1. The van der Waals surface area contributed by atoms with Gasteiger partial charge < -0.3 is 4.84 Å². The maximum absolute atomic E-state index is 12.4. The van der Waals surface area contributed by atoms with Gasteiger partial charge in [0.1, 0.15) is 7.11 Å². The van der Waals surface area contributed by atoms with Gasteiger partial charge in [0.05, 0.1) is 17.2 Å². The summed E-state index contributed by atoms with van der Waals surface area (Å²) in [5.41, 5.74) is 0.213. The Bertz CT molecular complexity index is 430. The highest BCUT2D eigenvalue weighted by Crippen LogP contribution is 2.44. The Morgan fingerprint density at radius 2 is 2.00 bits per heavy atom. The van der Waals surface area contributed by atoms with Gasteiger partial charge in [-0.15, -0.1) is 6.58 Å². The smallest absolute Gasteiger partial charge is 0.389 e. The molecule has 3 nitrogen and oxygen atoms in total.